The van der Waals surface area contributed by atoms with Gasteiger partial charge in [-0.3, -0.25) is 0 Å². The van der Waals surface area contributed by atoms with Crippen molar-refractivity contribution >= 4 is 0 Å². The molecule has 1 nitrogen and oxygen atoms in total. The van der Waals surface area contributed by atoms with Crippen LogP contribution in [-0.2, 0) is 0 Å². The van der Waals surface area contributed by atoms with E-state index in [2.05, 4.69) is 6.92 Å². The van der Waals surface area contributed by atoms with Gasteiger partial charge in [-0.25, -0.2) is 0 Å². The first kappa shape index (κ1) is 8.55. The molecule has 0 aromatic heterocycles. The lowest BCUT2D eigenvalue weighted by molar-refractivity contribution is 0.00853. The van der Waals surface area contributed by atoms with E-state index in [0.29, 0.717) is 11.3 Å². The van der Waals surface area contributed by atoms with Gasteiger partial charge in [-0.05, 0) is 43.4 Å². The Hall–Kier alpha value is -0.0400. The van der Waals surface area contributed by atoms with Gasteiger partial charge in [0.1, 0.15) is 0 Å². The molecule has 2 aliphatic rings. The monoisotopic (exact) mass is 168 g/mol. The summed E-state index contributed by atoms with van der Waals surface area (Å²) in [6.45, 7) is 2.25. The zero-order valence-corrected chi connectivity index (χ0v) is 8.05. The Bertz CT molecular complexity index is 154. The Morgan fingerprint density at radius 1 is 1.33 bits per heavy atom. The second-order valence-electron chi connectivity index (χ2n) is 4.71. The second kappa shape index (κ2) is 3.02. The second-order valence-corrected chi connectivity index (χ2v) is 4.71. The van der Waals surface area contributed by atoms with Crippen molar-refractivity contribution in [1.82, 2.24) is 0 Å². The van der Waals surface area contributed by atoms with Crippen molar-refractivity contribution in [1.29, 1.82) is 0 Å². The molecule has 0 radical (unpaired) electrons. The molecule has 1 heteroatoms. The predicted molar refractivity (Wildman–Crippen MR) is 49.9 cm³/mol. The maximum absolute atomic E-state index is 10.1. The van der Waals surface area contributed by atoms with E-state index in [1.165, 1.54) is 44.9 Å². The van der Waals surface area contributed by atoms with Crippen LogP contribution in [-0.4, -0.2) is 11.2 Å². The molecule has 0 aliphatic heterocycles. The maximum atomic E-state index is 10.1. The van der Waals surface area contributed by atoms with Crippen LogP contribution in [0.3, 0.4) is 0 Å². The van der Waals surface area contributed by atoms with Gasteiger partial charge in [-0.1, -0.05) is 19.8 Å². The van der Waals surface area contributed by atoms with E-state index in [4.69, 9.17) is 0 Å². The number of hydrogen-bond donors (Lipinski definition) is 1. The van der Waals surface area contributed by atoms with Crippen molar-refractivity contribution in [2.24, 2.45) is 11.3 Å². The Balaban J connectivity index is 2.03. The van der Waals surface area contributed by atoms with E-state index in [9.17, 15) is 5.11 Å². The van der Waals surface area contributed by atoms with Crippen molar-refractivity contribution in [2.45, 2.75) is 58.0 Å². The van der Waals surface area contributed by atoms with Crippen LogP contribution in [0, 0.1) is 11.3 Å². The largest absolute Gasteiger partial charge is 0.392 e. The molecule has 1 atom stereocenters. The molecule has 2 aliphatic carbocycles. The third-order valence-electron chi connectivity index (χ3n) is 4.00. The molecule has 0 amide bonds. The maximum Gasteiger partial charge on any atom is 0.0624 e. The van der Waals surface area contributed by atoms with Crippen LogP contribution in [0.5, 0.6) is 0 Å². The molecule has 2 rings (SSSR count). The third-order valence-corrected chi connectivity index (χ3v) is 4.00. The molecule has 0 heterocycles. The van der Waals surface area contributed by atoms with Gasteiger partial charge in [-0.2, -0.15) is 0 Å². The fraction of sp³-hybridized carbons (Fsp3) is 1.00. The lowest BCUT2D eigenvalue weighted by Gasteiger charge is -2.33. The summed E-state index contributed by atoms with van der Waals surface area (Å²) in [6.07, 6.45) is 9.03. The van der Waals surface area contributed by atoms with E-state index >= 15 is 0 Å². The quantitative estimate of drug-likeness (QED) is 0.687. The van der Waals surface area contributed by atoms with Gasteiger partial charge in [0, 0.05) is 0 Å². The molecule has 0 spiro atoms. The topological polar surface area (TPSA) is 20.2 Å². The van der Waals surface area contributed by atoms with Gasteiger partial charge < -0.3 is 5.11 Å². The van der Waals surface area contributed by atoms with E-state index in [-0.39, 0.29) is 6.10 Å². The molecule has 1 unspecified atom stereocenters. The summed E-state index contributed by atoms with van der Waals surface area (Å²) in [6, 6.07) is 0. The van der Waals surface area contributed by atoms with Crippen molar-refractivity contribution in [3.8, 4) is 0 Å². The Morgan fingerprint density at radius 3 is 2.33 bits per heavy atom. The zero-order valence-electron chi connectivity index (χ0n) is 8.05. The minimum absolute atomic E-state index is 0.0324. The minimum atomic E-state index is 0.0324. The zero-order chi connectivity index (χ0) is 8.60. The summed E-state index contributed by atoms with van der Waals surface area (Å²) in [5.41, 5.74) is 0.334. The molecule has 1 N–H and O–H groups in total. The van der Waals surface area contributed by atoms with Crippen LogP contribution in [0.15, 0.2) is 0 Å². The van der Waals surface area contributed by atoms with Crippen LogP contribution in [0.25, 0.3) is 0 Å². The lowest BCUT2D eigenvalue weighted by Crippen LogP contribution is -2.33. The molecule has 2 saturated carbocycles. The molecule has 12 heavy (non-hydrogen) atoms. The van der Waals surface area contributed by atoms with E-state index in [1.807, 2.05) is 0 Å². The first-order valence-electron chi connectivity index (χ1n) is 5.46. The van der Waals surface area contributed by atoms with Crippen molar-refractivity contribution in [3.05, 3.63) is 0 Å². The van der Waals surface area contributed by atoms with E-state index in [1.54, 1.807) is 0 Å². The molecule has 0 aromatic rings. The van der Waals surface area contributed by atoms with Gasteiger partial charge in [0.15, 0.2) is 0 Å². The lowest BCUT2D eigenvalue weighted by atomic mass is 9.76. The normalized spacial score (nSPS) is 30.5. The third kappa shape index (κ3) is 1.28. The van der Waals surface area contributed by atoms with E-state index < -0.39 is 0 Å². The summed E-state index contributed by atoms with van der Waals surface area (Å²) >= 11 is 0. The van der Waals surface area contributed by atoms with Gasteiger partial charge in [-0.15, -0.1) is 0 Å². The van der Waals surface area contributed by atoms with Gasteiger partial charge in [0.25, 0.3) is 0 Å². The number of hydrogen-bond acceptors (Lipinski definition) is 1. The summed E-state index contributed by atoms with van der Waals surface area (Å²) in [5.74, 6) is 0.669. The Morgan fingerprint density at radius 2 is 1.92 bits per heavy atom. The first-order chi connectivity index (χ1) is 5.78. The van der Waals surface area contributed by atoms with Crippen LogP contribution in [0.4, 0.5) is 0 Å². The molecular formula is C11H20O. The van der Waals surface area contributed by atoms with Crippen molar-refractivity contribution < 1.29 is 5.11 Å². The van der Waals surface area contributed by atoms with Crippen molar-refractivity contribution in [2.75, 3.05) is 0 Å². The highest BCUT2D eigenvalue weighted by molar-refractivity contribution is 4.96. The minimum Gasteiger partial charge on any atom is -0.392 e. The van der Waals surface area contributed by atoms with Gasteiger partial charge >= 0.3 is 0 Å². The molecule has 70 valence electrons. The fourth-order valence-corrected chi connectivity index (χ4v) is 2.85. The summed E-state index contributed by atoms with van der Waals surface area (Å²) in [7, 11) is 0. The highest BCUT2D eigenvalue weighted by Gasteiger charge is 2.45. The molecule has 0 saturated heterocycles. The predicted octanol–water partition coefficient (Wildman–Crippen LogP) is 2.73. The standard InChI is InChI=1S/C11H20O/c1-2-11(7-3-4-8-11)10(12)9-5-6-9/h9-10,12H,2-8H2,1H3. The molecule has 0 bridgehead atoms. The molecular weight excluding hydrogens is 148 g/mol. The highest BCUT2D eigenvalue weighted by Crippen LogP contribution is 2.50. The Labute approximate surface area is 75.2 Å². The van der Waals surface area contributed by atoms with Crippen molar-refractivity contribution in [3.63, 3.8) is 0 Å². The SMILES string of the molecule is CCC1(C(O)C2CC2)CCCC1. The smallest absolute Gasteiger partial charge is 0.0624 e. The van der Waals surface area contributed by atoms with Gasteiger partial charge in [0.2, 0.25) is 0 Å². The van der Waals surface area contributed by atoms with E-state index in [0.717, 1.165) is 0 Å². The number of aliphatic hydroxyl groups excluding tert-OH is 1. The van der Waals surface area contributed by atoms with Crippen LogP contribution >= 0.6 is 0 Å². The average molecular weight is 168 g/mol. The average Bonchev–Trinajstić information content (AvgIpc) is 2.83. The first-order valence-corrected chi connectivity index (χ1v) is 5.46. The number of aliphatic hydroxyl groups is 1. The fourth-order valence-electron chi connectivity index (χ4n) is 2.85. The van der Waals surface area contributed by atoms with Crippen LogP contribution < -0.4 is 0 Å². The number of rotatable bonds is 3. The summed E-state index contributed by atoms with van der Waals surface area (Å²) in [5, 5.41) is 10.1. The molecule has 2 fully saturated rings. The highest BCUT2D eigenvalue weighted by atomic mass is 16.3. The Kier molecular flexibility index (Phi) is 2.16. The summed E-state index contributed by atoms with van der Waals surface area (Å²) < 4.78 is 0. The summed E-state index contributed by atoms with van der Waals surface area (Å²) in [4.78, 5) is 0. The molecule has 0 aromatic carbocycles. The van der Waals surface area contributed by atoms with Gasteiger partial charge in [0.05, 0.1) is 6.10 Å². The van der Waals surface area contributed by atoms with Crippen LogP contribution in [0.1, 0.15) is 51.9 Å². The van der Waals surface area contributed by atoms with Crippen LogP contribution in [0.2, 0.25) is 0 Å².